The molecule has 1 aliphatic rings. The van der Waals surface area contributed by atoms with Crippen LogP contribution in [-0.4, -0.2) is 28.1 Å². The fraction of sp³-hybridized carbons (Fsp3) is 0.762. The van der Waals surface area contributed by atoms with Crippen LogP contribution in [0.2, 0.25) is 0 Å². The lowest BCUT2D eigenvalue weighted by Gasteiger charge is -2.15. The quantitative estimate of drug-likeness (QED) is 0.352. The zero-order chi connectivity index (χ0) is 19.2. The average molecular weight is 363 g/mol. The van der Waals surface area contributed by atoms with Crippen molar-refractivity contribution in [1.29, 1.82) is 5.26 Å². The van der Waals surface area contributed by atoms with Crippen molar-refractivity contribution in [2.75, 3.05) is 0 Å². The van der Waals surface area contributed by atoms with Crippen molar-refractivity contribution in [3.05, 3.63) is 12.2 Å². The molecule has 1 fully saturated rings. The van der Waals surface area contributed by atoms with Gasteiger partial charge in [-0.25, -0.2) is 0 Å². The van der Waals surface area contributed by atoms with Crippen LogP contribution in [-0.2, 0) is 9.59 Å². The van der Waals surface area contributed by atoms with Crippen LogP contribution in [0.1, 0.15) is 83.5 Å². The number of unbranched alkanes of at least 4 members (excludes halogenated alkanes) is 6. The summed E-state index contributed by atoms with van der Waals surface area (Å²) in [5.41, 5.74) is 0. The van der Waals surface area contributed by atoms with E-state index in [4.69, 9.17) is 10.4 Å². The fourth-order valence-corrected chi connectivity index (χ4v) is 3.64. The zero-order valence-corrected chi connectivity index (χ0v) is 15.7. The molecule has 0 radical (unpaired) electrons. The van der Waals surface area contributed by atoms with Gasteiger partial charge in [-0.15, -0.1) is 0 Å². The Labute approximate surface area is 157 Å². The summed E-state index contributed by atoms with van der Waals surface area (Å²) < 4.78 is 0. The molecule has 0 spiro atoms. The summed E-state index contributed by atoms with van der Waals surface area (Å²) in [6.07, 6.45) is 13.6. The van der Waals surface area contributed by atoms with Gasteiger partial charge in [0.1, 0.15) is 5.78 Å². The molecule has 3 atom stereocenters. The molecule has 0 heterocycles. The number of carboxylic acids is 1. The van der Waals surface area contributed by atoms with E-state index >= 15 is 0 Å². The lowest BCUT2D eigenvalue weighted by molar-refractivity contribution is -0.137. The Hall–Kier alpha value is -1.67. The molecule has 5 nitrogen and oxygen atoms in total. The van der Waals surface area contributed by atoms with Crippen molar-refractivity contribution < 1.29 is 19.8 Å². The summed E-state index contributed by atoms with van der Waals surface area (Å²) in [6, 6.07) is 2.13. The van der Waals surface area contributed by atoms with Gasteiger partial charge in [-0.2, -0.15) is 5.26 Å². The van der Waals surface area contributed by atoms with Gasteiger partial charge in [0.25, 0.3) is 0 Å². The Balaban J connectivity index is 2.25. The maximum absolute atomic E-state index is 12.1. The maximum Gasteiger partial charge on any atom is 0.303 e. The standard InChI is InChI=1S/C21H33NO4/c22-16-8-4-3-5-9-18(23)14-12-17-13-15-20(24)19(17)10-6-1-2-7-11-21(25)26/h12,14,17-19,23H,1-11,13,15H2,(H,25,26). The molecule has 26 heavy (non-hydrogen) atoms. The van der Waals surface area contributed by atoms with Crippen LogP contribution in [0.25, 0.3) is 0 Å². The summed E-state index contributed by atoms with van der Waals surface area (Å²) in [5.74, 6) is -0.121. The first-order chi connectivity index (χ1) is 12.5. The van der Waals surface area contributed by atoms with Crippen LogP contribution in [0.5, 0.6) is 0 Å². The van der Waals surface area contributed by atoms with Gasteiger partial charge in [-0.1, -0.05) is 44.3 Å². The number of Topliss-reactive ketones (excluding diaryl/α,β-unsaturated/α-hetero) is 1. The van der Waals surface area contributed by atoms with E-state index in [9.17, 15) is 14.7 Å². The Kier molecular flexibility index (Phi) is 11.6. The summed E-state index contributed by atoms with van der Waals surface area (Å²) in [6.45, 7) is 0. The molecule has 0 aromatic carbocycles. The van der Waals surface area contributed by atoms with Crippen LogP contribution in [0.15, 0.2) is 12.2 Å². The number of carbonyl (C=O) groups is 2. The number of aliphatic hydroxyl groups excluding tert-OH is 1. The highest BCUT2D eigenvalue weighted by molar-refractivity contribution is 5.83. The van der Waals surface area contributed by atoms with Gasteiger partial charge in [0.15, 0.2) is 0 Å². The molecule has 0 saturated heterocycles. The number of rotatable bonds is 14. The first-order valence-electron chi connectivity index (χ1n) is 10.0. The topological polar surface area (TPSA) is 98.4 Å². The van der Waals surface area contributed by atoms with Gasteiger partial charge < -0.3 is 10.2 Å². The third kappa shape index (κ3) is 9.72. The highest BCUT2D eigenvalue weighted by atomic mass is 16.4. The van der Waals surface area contributed by atoms with E-state index in [1.165, 1.54) is 0 Å². The van der Waals surface area contributed by atoms with Gasteiger partial charge in [0.05, 0.1) is 12.2 Å². The van der Waals surface area contributed by atoms with Crippen LogP contribution in [0.4, 0.5) is 0 Å². The number of nitrogens with zero attached hydrogens (tertiary/aromatic N) is 1. The Morgan fingerprint density at radius 1 is 1.19 bits per heavy atom. The number of aliphatic hydroxyl groups is 1. The molecule has 3 unspecified atom stereocenters. The van der Waals surface area contributed by atoms with Crippen molar-refractivity contribution in [3.63, 3.8) is 0 Å². The molecule has 0 amide bonds. The van der Waals surface area contributed by atoms with E-state index in [1.54, 1.807) is 0 Å². The smallest absolute Gasteiger partial charge is 0.303 e. The van der Waals surface area contributed by atoms with E-state index in [2.05, 4.69) is 6.07 Å². The molecule has 0 aliphatic heterocycles. The number of carboxylic acid groups (broad SMARTS) is 1. The van der Waals surface area contributed by atoms with Crippen molar-refractivity contribution >= 4 is 11.8 Å². The summed E-state index contributed by atoms with van der Waals surface area (Å²) in [7, 11) is 0. The van der Waals surface area contributed by atoms with Gasteiger partial charge in [0, 0.05) is 25.2 Å². The summed E-state index contributed by atoms with van der Waals surface area (Å²) >= 11 is 0. The molecule has 146 valence electrons. The minimum atomic E-state index is -0.746. The minimum absolute atomic E-state index is 0.0635. The third-order valence-electron chi connectivity index (χ3n) is 5.18. The Morgan fingerprint density at radius 2 is 1.92 bits per heavy atom. The second-order valence-electron chi connectivity index (χ2n) is 7.33. The van der Waals surface area contributed by atoms with Gasteiger partial charge >= 0.3 is 5.97 Å². The SMILES string of the molecule is N#CCCCCCC(O)C=CC1CCC(=O)C1CCCCCCC(=O)O. The first-order valence-corrected chi connectivity index (χ1v) is 10.0. The van der Waals surface area contributed by atoms with E-state index in [-0.39, 0.29) is 18.3 Å². The molecule has 0 aromatic rings. The molecule has 1 saturated carbocycles. The van der Waals surface area contributed by atoms with E-state index in [0.717, 1.165) is 51.4 Å². The van der Waals surface area contributed by atoms with Gasteiger partial charge in [-0.05, 0) is 38.0 Å². The predicted molar refractivity (Wildman–Crippen MR) is 100 cm³/mol. The van der Waals surface area contributed by atoms with Crippen LogP contribution in [0.3, 0.4) is 0 Å². The molecule has 5 heteroatoms. The predicted octanol–water partition coefficient (Wildman–Crippen LogP) is 4.40. The Morgan fingerprint density at radius 3 is 2.65 bits per heavy atom. The van der Waals surface area contributed by atoms with E-state index in [0.29, 0.717) is 31.5 Å². The number of aliphatic carboxylic acids is 1. The fourth-order valence-electron chi connectivity index (χ4n) is 3.64. The zero-order valence-electron chi connectivity index (χ0n) is 15.7. The largest absolute Gasteiger partial charge is 0.481 e. The number of carbonyl (C=O) groups excluding carboxylic acids is 1. The minimum Gasteiger partial charge on any atom is -0.481 e. The maximum atomic E-state index is 12.1. The van der Waals surface area contributed by atoms with Gasteiger partial charge in [0.2, 0.25) is 0 Å². The molecule has 1 aliphatic carbocycles. The second-order valence-corrected chi connectivity index (χ2v) is 7.33. The molecule has 1 rings (SSSR count). The number of hydrogen-bond acceptors (Lipinski definition) is 4. The highest BCUT2D eigenvalue weighted by Gasteiger charge is 2.32. The number of hydrogen-bond donors (Lipinski definition) is 2. The monoisotopic (exact) mass is 363 g/mol. The Bertz CT molecular complexity index is 495. The van der Waals surface area contributed by atoms with Crippen LogP contribution in [0, 0.1) is 23.2 Å². The first kappa shape index (κ1) is 22.4. The lowest BCUT2D eigenvalue weighted by Crippen LogP contribution is -2.14. The molecular weight excluding hydrogens is 330 g/mol. The summed E-state index contributed by atoms with van der Waals surface area (Å²) in [5, 5.41) is 27.2. The van der Waals surface area contributed by atoms with E-state index < -0.39 is 12.1 Å². The molecule has 0 bridgehead atoms. The van der Waals surface area contributed by atoms with Crippen LogP contribution >= 0.6 is 0 Å². The lowest BCUT2D eigenvalue weighted by atomic mass is 9.89. The second kappa shape index (κ2) is 13.5. The molecule has 2 N–H and O–H groups in total. The van der Waals surface area contributed by atoms with Crippen molar-refractivity contribution in [2.24, 2.45) is 11.8 Å². The number of ketones is 1. The molecule has 0 aromatic heterocycles. The summed E-state index contributed by atoms with van der Waals surface area (Å²) in [4.78, 5) is 22.6. The third-order valence-corrected chi connectivity index (χ3v) is 5.18. The van der Waals surface area contributed by atoms with Gasteiger partial charge in [-0.3, -0.25) is 9.59 Å². The molecular formula is C21H33NO4. The number of allylic oxidation sites excluding steroid dienone is 1. The highest BCUT2D eigenvalue weighted by Crippen LogP contribution is 2.34. The van der Waals surface area contributed by atoms with Crippen LogP contribution < -0.4 is 0 Å². The van der Waals surface area contributed by atoms with Crippen molar-refractivity contribution in [2.45, 2.75) is 89.6 Å². The van der Waals surface area contributed by atoms with Crippen molar-refractivity contribution in [1.82, 2.24) is 0 Å². The normalized spacial score (nSPS) is 21.2. The number of nitriles is 1. The van der Waals surface area contributed by atoms with E-state index in [1.807, 2.05) is 12.2 Å². The van der Waals surface area contributed by atoms with Crippen molar-refractivity contribution in [3.8, 4) is 6.07 Å². The average Bonchev–Trinajstić information content (AvgIpc) is 2.95.